The lowest BCUT2D eigenvalue weighted by Gasteiger charge is -2.43. The highest BCUT2D eigenvalue weighted by Gasteiger charge is 2.34. The van der Waals surface area contributed by atoms with Gasteiger partial charge in [-0.1, -0.05) is 29.8 Å². The van der Waals surface area contributed by atoms with Gasteiger partial charge >= 0.3 is 6.09 Å². The van der Waals surface area contributed by atoms with Crippen molar-refractivity contribution in [3.8, 4) is 0 Å². The maximum Gasteiger partial charge on any atom is 0.410 e. The monoisotopic (exact) mass is 400 g/mol. The number of benzene rings is 2. The summed E-state index contributed by atoms with van der Waals surface area (Å²) in [4.78, 5) is 16.5. The van der Waals surface area contributed by atoms with Crippen LogP contribution in [0.5, 0.6) is 0 Å². The molecule has 28 heavy (non-hydrogen) atoms. The van der Waals surface area contributed by atoms with Gasteiger partial charge in [-0.05, 0) is 36.8 Å². The Morgan fingerprint density at radius 2 is 1.64 bits per heavy atom. The molecule has 2 heterocycles. The Balaban J connectivity index is 1.44. The number of rotatable bonds is 4. The highest BCUT2D eigenvalue weighted by Crippen LogP contribution is 2.23. The van der Waals surface area contributed by atoms with Crippen molar-refractivity contribution in [3.05, 3.63) is 59.7 Å². The predicted octanol–water partition coefficient (Wildman–Crippen LogP) is 2.85. The number of piperazine rings is 1. The topological polar surface area (TPSA) is 66.9 Å². The minimum atomic E-state index is -3.50. The molecule has 0 spiro atoms. The first kappa shape index (κ1) is 19.0. The lowest BCUT2D eigenvalue weighted by molar-refractivity contribution is 0.00440. The maximum atomic E-state index is 12.8. The molecule has 4 rings (SSSR count). The second kappa shape index (κ2) is 7.56. The van der Waals surface area contributed by atoms with Gasteiger partial charge in [0.2, 0.25) is 9.84 Å². The van der Waals surface area contributed by atoms with Crippen LogP contribution in [0.1, 0.15) is 17.5 Å². The van der Waals surface area contributed by atoms with Crippen LogP contribution in [-0.4, -0.2) is 56.6 Å². The quantitative estimate of drug-likeness (QED) is 0.790. The van der Waals surface area contributed by atoms with Crippen molar-refractivity contribution < 1.29 is 17.9 Å². The molecule has 0 radical (unpaired) electrons. The van der Waals surface area contributed by atoms with E-state index in [1.54, 1.807) is 24.3 Å². The summed E-state index contributed by atoms with van der Waals surface area (Å²) < 4.78 is 30.7. The largest absolute Gasteiger partial charge is 0.449 e. The minimum absolute atomic E-state index is 0.205. The van der Waals surface area contributed by atoms with Gasteiger partial charge in [-0.3, -0.25) is 4.90 Å². The third-order valence-corrected chi connectivity index (χ3v) is 7.23. The number of carbonyl (C=O) groups is 1. The number of hydrogen-bond acceptors (Lipinski definition) is 5. The van der Waals surface area contributed by atoms with Crippen molar-refractivity contribution in [2.24, 2.45) is 0 Å². The first-order valence-electron chi connectivity index (χ1n) is 9.50. The van der Waals surface area contributed by atoms with Crippen molar-refractivity contribution >= 4 is 15.9 Å². The summed E-state index contributed by atoms with van der Waals surface area (Å²) in [6.45, 7) is 5.43. The highest BCUT2D eigenvalue weighted by atomic mass is 32.2. The van der Waals surface area contributed by atoms with Gasteiger partial charge in [0.25, 0.3) is 0 Å². The average molecular weight is 401 g/mol. The zero-order valence-electron chi connectivity index (χ0n) is 15.9. The standard InChI is InChI=1S/C21H24N2O4S/c1-16-2-6-19(7-3-16)28(25,26)20-8-4-17(5-9-20)14-22-11-12-23-18(15-22)10-13-27-21(23)24/h2-9,18H,10-15H2,1H3. The summed E-state index contributed by atoms with van der Waals surface area (Å²) in [6, 6.07) is 14.2. The second-order valence-corrected chi connectivity index (χ2v) is 9.40. The van der Waals surface area contributed by atoms with E-state index < -0.39 is 9.84 Å². The Morgan fingerprint density at radius 1 is 1.00 bits per heavy atom. The van der Waals surface area contributed by atoms with Crippen LogP contribution in [0.15, 0.2) is 58.3 Å². The van der Waals surface area contributed by atoms with Crippen LogP contribution < -0.4 is 0 Å². The molecule has 2 aliphatic rings. The van der Waals surface area contributed by atoms with Crippen LogP contribution >= 0.6 is 0 Å². The summed E-state index contributed by atoms with van der Waals surface area (Å²) in [5, 5.41) is 0. The summed E-state index contributed by atoms with van der Waals surface area (Å²) in [5.74, 6) is 0. The summed E-state index contributed by atoms with van der Waals surface area (Å²) in [7, 11) is -3.50. The van der Waals surface area contributed by atoms with Gasteiger partial charge in [0.15, 0.2) is 0 Å². The number of nitrogens with zero attached hydrogens (tertiary/aromatic N) is 2. The molecular weight excluding hydrogens is 376 g/mol. The third-order valence-electron chi connectivity index (χ3n) is 5.45. The molecule has 1 atom stereocenters. The molecule has 0 bridgehead atoms. The van der Waals surface area contributed by atoms with E-state index in [9.17, 15) is 13.2 Å². The number of ether oxygens (including phenoxy) is 1. The van der Waals surface area contributed by atoms with E-state index in [1.165, 1.54) is 0 Å². The molecule has 2 aromatic rings. The smallest absolute Gasteiger partial charge is 0.410 e. The van der Waals surface area contributed by atoms with Crippen LogP contribution in [0.3, 0.4) is 0 Å². The summed E-state index contributed by atoms with van der Waals surface area (Å²) >= 11 is 0. The van der Waals surface area contributed by atoms with E-state index in [2.05, 4.69) is 4.90 Å². The lowest BCUT2D eigenvalue weighted by Crippen LogP contribution is -2.57. The number of carbonyl (C=O) groups excluding carboxylic acids is 1. The Bertz CT molecular complexity index is 955. The van der Waals surface area contributed by atoms with E-state index in [0.717, 1.165) is 37.2 Å². The summed E-state index contributed by atoms with van der Waals surface area (Å²) in [5.41, 5.74) is 2.09. The SMILES string of the molecule is Cc1ccc(S(=O)(=O)c2ccc(CN3CCN4C(=O)OCCC4C3)cc2)cc1. The lowest BCUT2D eigenvalue weighted by atomic mass is 10.1. The molecule has 2 fully saturated rings. The molecule has 1 amide bonds. The van der Waals surface area contributed by atoms with Gasteiger partial charge in [-0.25, -0.2) is 13.2 Å². The molecule has 0 N–H and O–H groups in total. The predicted molar refractivity (Wildman–Crippen MR) is 105 cm³/mol. The number of sulfone groups is 1. The molecule has 2 aromatic carbocycles. The van der Waals surface area contributed by atoms with Crippen LogP contribution in [0.25, 0.3) is 0 Å². The fraction of sp³-hybridized carbons (Fsp3) is 0.381. The number of cyclic esters (lactones) is 1. The van der Waals surface area contributed by atoms with Crippen molar-refractivity contribution in [2.75, 3.05) is 26.2 Å². The average Bonchev–Trinajstić information content (AvgIpc) is 2.69. The number of hydrogen-bond donors (Lipinski definition) is 0. The van der Waals surface area contributed by atoms with Crippen LogP contribution in [-0.2, 0) is 21.1 Å². The molecular formula is C21H24N2O4S. The van der Waals surface area contributed by atoms with E-state index in [1.807, 2.05) is 36.1 Å². The van der Waals surface area contributed by atoms with Gasteiger partial charge in [0.05, 0.1) is 22.4 Å². The molecule has 2 aliphatic heterocycles. The molecule has 148 valence electrons. The number of amides is 1. The van der Waals surface area contributed by atoms with Crippen LogP contribution in [0.4, 0.5) is 4.79 Å². The van der Waals surface area contributed by atoms with E-state index in [4.69, 9.17) is 4.74 Å². The Labute approximate surface area is 165 Å². The zero-order chi connectivity index (χ0) is 19.7. The van der Waals surface area contributed by atoms with Crippen molar-refractivity contribution in [1.82, 2.24) is 9.80 Å². The fourth-order valence-corrected chi connectivity index (χ4v) is 5.06. The highest BCUT2D eigenvalue weighted by molar-refractivity contribution is 7.91. The third kappa shape index (κ3) is 3.77. The van der Waals surface area contributed by atoms with Crippen molar-refractivity contribution in [3.63, 3.8) is 0 Å². The van der Waals surface area contributed by atoms with Crippen LogP contribution in [0.2, 0.25) is 0 Å². The van der Waals surface area contributed by atoms with Gasteiger partial charge in [0.1, 0.15) is 0 Å². The Morgan fingerprint density at radius 3 is 2.32 bits per heavy atom. The number of fused-ring (bicyclic) bond motifs is 1. The van der Waals surface area contributed by atoms with Gasteiger partial charge < -0.3 is 9.64 Å². The van der Waals surface area contributed by atoms with Gasteiger partial charge in [0, 0.05) is 32.6 Å². The molecule has 0 aliphatic carbocycles. The van der Waals surface area contributed by atoms with Crippen LogP contribution in [0, 0.1) is 6.92 Å². The Kier molecular flexibility index (Phi) is 5.12. The second-order valence-electron chi connectivity index (χ2n) is 7.45. The molecule has 0 aromatic heterocycles. The fourth-order valence-electron chi connectivity index (χ4n) is 3.80. The normalized spacial score (nSPS) is 20.5. The summed E-state index contributed by atoms with van der Waals surface area (Å²) in [6.07, 6.45) is 0.650. The van der Waals surface area contributed by atoms with Gasteiger partial charge in [-0.2, -0.15) is 0 Å². The molecule has 2 saturated heterocycles. The molecule has 6 nitrogen and oxygen atoms in total. The first-order valence-corrected chi connectivity index (χ1v) is 11.0. The first-order chi connectivity index (χ1) is 13.4. The van der Waals surface area contributed by atoms with Crippen molar-refractivity contribution in [2.45, 2.75) is 35.7 Å². The minimum Gasteiger partial charge on any atom is -0.449 e. The van der Waals surface area contributed by atoms with Crippen molar-refractivity contribution in [1.29, 1.82) is 0 Å². The Hall–Kier alpha value is -2.38. The van der Waals surface area contributed by atoms with Gasteiger partial charge in [-0.15, -0.1) is 0 Å². The number of aryl methyl sites for hydroxylation is 1. The molecule has 1 unspecified atom stereocenters. The molecule has 7 heteroatoms. The van der Waals surface area contributed by atoms with E-state index in [0.29, 0.717) is 22.9 Å². The zero-order valence-corrected chi connectivity index (χ0v) is 16.7. The molecule has 0 saturated carbocycles. The maximum absolute atomic E-state index is 12.8. The van der Waals surface area contributed by atoms with E-state index in [-0.39, 0.29) is 12.1 Å². The van der Waals surface area contributed by atoms with E-state index >= 15 is 0 Å².